The van der Waals surface area contributed by atoms with Crippen LogP contribution in [0.15, 0.2) is 11.4 Å². The van der Waals surface area contributed by atoms with Crippen molar-refractivity contribution in [1.29, 1.82) is 0 Å². The van der Waals surface area contributed by atoms with Crippen molar-refractivity contribution < 1.29 is 4.74 Å². The molecular formula is C12H18ClNOS. The van der Waals surface area contributed by atoms with Gasteiger partial charge in [0.2, 0.25) is 0 Å². The van der Waals surface area contributed by atoms with Gasteiger partial charge in [-0.15, -0.1) is 11.3 Å². The van der Waals surface area contributed by atoms with Crippen molar-refractivity contribution in [3.05, 3.63) is 21.3 Å². The van der Waals surface area contributed by atoms with Crippen LogP contribution in [0.3, 0.4) is 0 Å². The Morgan fingerprint density at radius 1 is 1.62 bits per heavy atom. The predicted molar refractivity (Wildman–Crippen MR) is 69.3 cm³/mol. The van der Waals surface area contributed by atoms with E-state index in [0.29, 0.717) is 12.0 Å². The third-order valence-corrected chi connectivity index (χ3v) is 3.92. The molecule has 1 fully saturated rings. The Kier molecular flexibility index (Phi) is 4.25. The Morgan fingerprint density at radius 2 is 2.44 bits per heavy atom. The molecule has 2 heterocycles. The molecule has 0 aliphatic carbocycles. The van der Waals surface area contributed by atoms with Gasteiger partial charge in [-0.25, -0.2) is 0 Å². The fourth-order valence-electron chi connectivity index (χ4n) is 2.05. The molecule has 2 unspecified atom stereocenters. The zero-order valence-electron chi connectivity index (χ0n) is 9.70. The highest BCUT2D eigenvalue weighted by Gasteiger charge is 2.23. The second-order valence-corrected chi connectivity index (χ2v) is 6.28. The van der Waals surface area contributed by atoms with Gasteiger partial charge in [-0.1, -0.05) is 25.4 Å². The lowest BCUT2D eigenvalue weighted by Crippen LogP contribution is -2.43. The summed E-state index contributed by atoms with van der Waals surface area (Å²) in [5.41, 5.74) is 1.20. The molecule has 2 nitrogen and oxygen atoms in total. The Labute approximate surface area is 106 Å². The van der Waals surface area contributed by atoms with E-state index in [-0.39, 0.29) is 6.10 Å². The summed E-state index contributed by atoms with van der Waals surface area (Å²) in [6.07, 6.45) is 1.35. The molecule has 1 N–H and O–H groups in total. The molecule has 0 saturated carbocycles. The molecule has 0 amide bonds. The molecule has 1 aliphatic heterocycles. The number of nitrogens with one attached hydrogen (secondary N) is 1. The van der Waals surface area contributed by atoms with E-state index in [1.165, 1.54) is 12.0 Å². The molecule has 4 heteroatoms. The third kappa shape index (κ3) is 3.20. The highest BCUT2D eigenvalue weighted by Crippen LogP contribution is 2.28. The van der Waals surface area contributed by atoms with Crippen LogP contribution in [0.5, 0.6) is 0 Å². The predicted octanol–water partition coefficient (Wildman–Crippen LogP) is 3.48. The molecule has 90 valence electrons. The van der Waals surface area contributed by atoms with E-state index in [4.69, 9.17) is 16.3 Å². The fourth-order valence-corrected chi connectivity index (χ4v) is 2.98. The minimum absolute atomic E-state index is 0.173. The zero-order valence-corrected chi connectivity index (χ0v) is 11.3. The average molecular weight is 260 g/mol. The van der Waals surface area contributed by atoms with E-state index in [0.717, 1.165) is 17.5 Å². The Hall–Kier alpha value is -0.0900. The van der Waals surface area contributed by atoms with Crippen LogP contribution in [0.4, 0.5) is 0 Å². The summed E-state index contributed by atoms with van der Waals surface area (Å²) >= 11 is 7.49. The summed E-state index contributed by atoms with van der Waals surface area (Å²) in [5, 5.41) is 5.63. The van der Waals surface area contributed by atoms with Crippen LogP contribution in [-0.2, 0) is 4.74 Å². The van der Waals surface area contributed by atoms with E-state index in [1.54, 1.807) is 11.3 Å². The molecule has 1 aromatic heterocycles. The van der Waals surface area contributed by atoms with E-state index < -0.39 is 0 Å². The van der Waals surface area contributed by atoms with Crippen molar-refractivity contribution >= 4 is 22.9 Å². The first kappa shape index (κ1) is 12.4. The van der Waals surface area contributed by atoms with Crippen LogP contribution in [0, 0.1) is 5.92 Å². The van der Waals surface area contributed by atoms with Gasteiger partial charge in [0.1, 0.15) is 0 Å². The van der Waals surface area contributed by atoms with Gasteiger partial charge >= 0.3 is 0 Å². The maximum absolute atomic E-state index is 5.92. The number of hydrogen-bond acceptors (Lipinski definition) is 3. The lowest BCUT2D eigenvalue weighted by Gasteiger charge is -2.31. The monoisotopic (exact) mass is 259 g/mol. The first-order valence-corrected chi connectivity index (χ1v) is 7.00. The normalized spacial score (nSPS) is 26.2. The van der Waals surface area contributed by atoms with Gasteiger partial charge in [0, 0.05) is 12.6 Å². The van der Waals surface area contributed by atoms with E-state index in [2.05, 4.69) is 24.5 Å². The minimum Gasteiger partial charge on any atom is -0.371 e. The summed E-state index contributed by atoms with van der Waals surface area (Å²) < 4.78 is 6.71. The van der Waals surface area contributed by atoms with E-state index >= 15 is 0 Å². The number of halogens is 1. The number of morpholine rings is 1. The van der Waals surface area contributed by atoms with Crippen LogP contribution in [0.25, 0.3) is 0 Å². The van der Waals surface area contributed by atoms with Crippen molar-refractivity contribution in [3.8, 4) is 0 Å². The Morgan fingerprint density at radius 3 is 2.94 bits per heavy atom. The molecule has 1 saturated heterocycles. The molecule has 0 aromatic carbocycles. The topological polar surface area (TPSA) is 21.3 Å². The van der Waals surface area contributed by atoms with Crippen molar-refractivity contribution in [2.24, 2.45) is 5.92 Å². The molecule has 0 spiro atoms. The SMILES string of the molecule is CC(C)CC1COC(c2csc(Cl)c2)CN1. The number of hydrogen-bond donors (Lipinski definition) is 1. The Bertz CT molecular complexity index is 332. The summed E-state index contributed by atoms with van der Waals surface area (Å²) in [4.78, 5) is 0. The quantitative estimate of drug-likeness (QED) is 0.898. The summed E-state index contributed by atoms with van der Waals surface area (Å²) in [6.45, 7) is 6.18. The molecular weight excluding hydrogens is 242 g/mol. The summed E-state index contributed by atoms with van der Waals surface area (Å²) in [6, 6.07) is 2.51. The molecule has 1 aromatic rings. The summed E-state index contributed by atoms with van der Waals surface area (Å²) in [5.74, 6) is 0.716. The van der Waals surface area contributed by atoms with Crippen molar-refractivity contribution in [2.75, 3.05) is 13.2 Å². The maximum Gasteiger partial charge on any atom is 0.0958 e. The highest BCUT2D eigenvalue weighted by atomic mass is 35.5. The fraction of sp³-hybridized carbons (Fsp3) is 0.667. The first-order chi connectivity index (χ1) is 7.65. The van der Waals surface area contributed by atoms with Gasteiger partial charge in [0.15, 0.2) is 0 Å². The van der Waals surface area contributed by atoms with Crippen LogP contribution in [0.2, 0.25) is 4.34 Å². The van der Waals surface area contributed by atoms with Crippen LogP contribution in [0.1, 0.15) is 31.9 Å². The summed E-state index contributed by atoms with van der Waals surface area (Å²) in [7, 11) is 0. The molecule has 2 rings (SSSR count). The van der Waals surface area contributed by atoms with Gasteiger partial charge in [-0.05, 0) is 29.3 Å². The largest absolute Gasteiger partial charge is 0.371 e. The van der Waals surface area contributed by atoms with Gasteiger partial charge in [-0.2, -0.15) is 0 Å². The second-order valence-electron chi connectivity index (χ2n) is 4.74. The van der Waals surface area contributed by atoms with Gasteiger partial charge in [0.05, 0.1) is 17.0 Å². The number of ether oxygens (including phenoxy) is 1. The standard InChI is InChI=1S/C12H18ClNOS/c1-8(2)3-10-6-15-11(5-14-10)9-4-12(13)16-7-9/h4,7-8,10-11,14H,3,5-6H2,1-2H3. The Balaban J connectivity index is 1.85. The van der Waals surface area contributed by atoms with Gasteiger partial charge < -0.3 is 10.1 Å². The van der Waals surface area contributed by atoms with Gasteiger partial charge in [-0.3, -0.25) is 0 Å². The highest BCUT2D eigenvalue weighted by molar-refractivity contribution is 7.14. The number of rotatable bonds is 3. The smallest absolute Gasteiger partial charge is 0.0958 e. The van der Waals surface area contributed by atoms with Crippen molar-refractivity contribution in [2.45, 2.75) is 32.4 Å². The molecule has 2 atom stereocenters. The third-order valence-electron chi connectivity index (χ3n) is 2.81. The number of thiophene rings is 1. The second kappa shape index (κ2) is 5.50. The lowest BCUT2D eigenvalue weighted by atomic mass is 10.0. The molecule has 1 aliphatic rings. The maximum atomic E-state index is 5.92. The van der Waals surface area contributed by atoms with E-state index in [9.17, 15) is 0 Å². The van der Waals surface area contributed by atoms with Crippen LogP contribution in [-0.4, -0.2) is 19.2 Å². The van der Waals surface area contributed by atoms with Crippen LogP contribution < -0.4 is 5.32 Å². The average Bonchev–Trinajstić information content (AvgIpc) is 2.65. The molecule has 0 bridgehead atoms. The van der Waals surface area contributed by atoms with Crippen LogP contribution >= 0.6 is 22.9 Å². The molecule has 16 heavy (non-hydrogen) atoms. The minimum atomic E-state index is 0.173. The van der Waals surface area contributed by atoms with E-state index in [1.807, 2.05) is 6.07 Å². The lowest BCUT2D eigenvalue weighted by molar-refractivity contribution is -0.00108. The van der Waals surface area contributed by atoms with Crippen molar-refractivity contribution in [3.63, 3.8) is 0 Å². The van der Waals surface area contributed by atoms with Gasteiger partial charge in [0.25, 0.3) is 0 Å². The first-order valence-electron chi connectivity index (χ1n) is 5.74. The molecule has 0 radical (unpaired) electrons. The zero-order chi connectivity index (χ0) is 11.5. The van der Waals surface area contributed by atoms with Crippen molar-refractivity contribution in [1.82, 2.24) is 5.32 Å².